The molecular weight excluding hydrogens is 462 g/mol. The molecule has 4 rings (SSSR count). The fourth-order valence-electron chi connectivity index (χ4n) is 5.94. The van der Waals surface area contributed by atoms with Gasteiger partial charge in [0.1, 0.15) is 0 Å². The molecule has 2 N–H and O–H groups in total. The van der Waals surface area contributed by atoms with Gasteiger partial charge in [0.05, 0.1) is 11.3 Å². The van der Waals surface area contributed by atoms with Gasteiger partial charge in [0, 0.05) is 44.3 Å². The quantitative estimate of drug-likeness (QED) is 0.291. The number of carbonyl (C=O) groups is 2. The number of aliphatic carboxylic acids is 1. The molecule has 37 heavy (non-hydrogen) atoms. The number of allylic oxidation sites excluding steroid dienone is 3. The molecule has 1 saturated heterocycles. The first kappa shape index (κ1) is 26.8. The third kappa shape index (κ3) is 7.17. The number of likely N-dealkylation sites (tertiary alicyclic amines) is 1. The Bertz CT molecular complexity index is 1090. The topological polar surface area (TPSA) is 72.9 Å². The Labute approximate surface area is 221 Å². The Balaban J connectivity index is 1.57. The monoisotopic (exact) mass is 503 g/mol. The van der Waals surface area contributed by atoms with Crippen LogP contribution in [0.15, 0.2) is 65.7 Å². The zero-order valence-electron chi connectivity index (χ0n) is 22.2. The maximum atomic E-state index is 13.7. The molecule has 1 amide bonds. The number of carboxylic acid groups (broad SMARTS) is 1. The van der Waals surface area contributed by atoms with E-state index in [1.165, 1.54) is 17.5 Å². The highest BCUT2D eigenvalue weighted by molar-refractivity contribution is 5.98. The van der Waals surface area contributed by atoms with E-state index in [1.54, 1.807) is 0 Å². The van der Waals surface area contributed by atoms with Crippen molar-refractivity contribution in [1.82, 2.24) is 15.1 Å². The lowest BCUT2D eigenvalue weighted by Crippen LogP contribution is -2.39. The fourth-order valence-corrected chi connectivity index (χ4v) is 5.94. The maximum Gasteiger partial charge on any atom is 0.303 e. The molecule has 6 heteroatoms. The van der Waals surface area contributed by atoms with Crippen molar-refractivity contribution in [3.63, 3.8) is 0 Å². The van der Waals surface area contributed by atoms with Crippen molar-refractivity contribution >= 4 is 11.9 Å². The molecule has 0 spiro atoms. The summed E-state index contributed by atoms with van der Waals surface area (Å²) in [5.41, 5.74) is 8.13. The lowest BCUT2D eigenvalue weighted by atomic mass is 9.94. The summed E-state index contributed by atoms with van der Waals surface area (Å²) in [5.74, 6) is -0.646. The molecule has 1 aromatic carbocycles. The van der Waals surface area contributed by atoms with Gasteiger partial charge in [0.2, 0.25) is 0 Å². The number of benzene rings is 1. The number of rotatable bonds is 8. The summed E-state index contributed by atoms with van der Waals surface area (Å²) in [5, 5.41) is 12.5. The summed E-state index contributed by atoms with van der Waals surface area (Å²) in [6.45, 7) is 9.22. The Hall–Kier alpha value is -3.24. The Morgan fingerprint density at radius 3 is 2.54 bits per heavy atom. The number of fused-ring (bicyclic) bond motifs is 1. The van der Waals surface area contributed by atoms with Crippen LogP contribution < -0.4 is 5.32 Å². The number of nitrogens with zero attached hydrogens (tertiary/aromatic N) is 2. The Kier molecular flexibility index (Phi) is 9.29. The molecule has 2 aliphatic heterocycles. The molecule has 6 nitrogen and oxygen atoms in total. The van der Waals surface area contributed by atoms with Gasteiger partial charge in [-0.25, -0.2) is 0 Å². The van der Waals surface area contributed by atoms with Gasteiger partial charge < -0.3 is 20.2 Å². The minimum atomic E-state index is -0.737. The number of carbonyl (C=O) groups excluding carboxylic acids is 1. The summed E-state index contributed by atoms with van der Waals surface area (Å²) < 4.78 is 0. The molecule has 0 bridgehead atoms. The minimum Gasteiger partial charge on any atom is -0.481 e. The van der Waals surface area contributed by atoms with Crippen LogP contribution in [0.3, 0.4) is 0 Å². The van der Waals surface area contributed by atoms with Gasteiger partial charge in [0.15, 0.2) is 0 Å². The van der Waals surface area contributed by atoms with Crippen LogP contribution in [0.4, 0.5) is 0 Å². The van der Waals surface area contributed by atoms with Gasteiger partial charge in [-0.1, -0.05) is 50.1 Å². The highest BCUT2D eigenvalue weighted by Crippen LogP contribution is 2.27. The minimum absolute atomic E-state index is 0.0663. The number of carboxylic acids is 1. The second-order valence-corrected chi connectivity index (χ2v) is 10.7. The summed E-state index contributed by atoms with van der Waals surface area (Å²) >= 11 is 0. The van der Waals surface area contributed by atoms with E-state index in [-0.39, 0.29) is 24.3 Å². The van der Waals surface area contributed by atoms with Crippen molar-refractivity contribution in [2.24, 2.45) is 5.92 Å². The van der Waals surface area contributed by atoms with E-state index in [0.29, 0.717) is 5.57 Å². The molecule has 2 heterocycles. The van der Waals surface area contributed by atoms with Gasteiger partial charge in [-0.15, -0.1) is 5.73 Å². The van der Waals surface area contributed by atoms with Crippen molar-refractivity contribution in [3.8, 4) is 0 Å². The van der Waals surface area contributed by atoms with E-state index in [1.807, 2.05) is 19.1 Å². The van der Waals surface area contributed by atoms with Crippen molar-refractivity contribution in [2.45, 2.75) is 77.3 Å². The van der Waals surface area contributed by atoms with Crippen LogP contribution in [0.25, 0.3) is 0 Å². The molecule has 1 aliphatic carbocycles. The van der Waals surface area contributed by atoms with Crippen LogP contribution in [-0.4, -0.2) is 52.5 Å². The summed E-state index contributed by atoms with van der Waals surface area (Å²) in [6, 6.07) is 8.69. The number of hydrogen-bond acceptors (Lipinski definition) is 4. The standard InChI is InChI=1S/C31H41N3O3/c1-3-29(34-19-17-25-11-7-8-12-26(25)22-34)28(31(37)32-27-13-5-4-6-14-27)16-15-23(2)33-18-9-10-24(21-33)20-30(35)36/h7-8,11-12,15-16,24,27H,1,4-6,9-10,13-14,17-22H2,2H3,(H,32,37)(H,35,36)/b23-15+,28-16+. The third-order valence-electron chi connectivity index (χ3n) is 8.03. The van der Waals surface area contributed by atoms with Crippen LogP contribution in [0.2, 0.25) is 0 Å². The molecule has 2 fully saturated rings. The van der Waals surface area contributed by atoms with E-state index in [9.17, 15) is 14.7 Å². The van der Waals surface area contributed by atoms with Crippen LogP contribution in [0.1, 0.15) is 69.4 Å². The molecular formula is C31H41N3O3. The maximum absolute atomic E-state index is 13.7. The predicted octanol–water partition coefficient (Wildman–Crippen LogP) is 5.18. The normalized spacial score (nSPS) is 21.2. The first-order valence-electron chi connectivity index (χ1n) is 13.8. The molecule has 0 aromatic heterocycles. The number of hydrogen-bond donors (Lipinski definition) is 2. The third-order valence-corrected chi connectivity index (χ3v) is 8.03. The zero-order chi connectivity index (χ0) is 26.2. The highest BCUT2D eigenvalue weighted by Gasteiger charge is 2.26. The second kappa shape index (κ2) is 12.8. The lowest BCUT2D eigenvalue weighted by Gasteiger charge is -2.34. The molecule has 3 aliphatic rings. The van der Waals surface area contributed by atoms with E-state index in [4.69, 9.17) is 0 Å². The fraction of sp³-hybridized carbons (Fsp3) is 0.516. The molecule has 198 valence electrons. The second-order valence-electron chi connectivity index (χ2n) is 10.7. The van der Waals surface area contributed by atoms with Crippen LogP contribution in [0, 0.1) is 5.92 Å². The van der Waals surface area contributed by atoms with Crippen molar-refractivity contribution < 1.29 is 14.7 Å². The van der Waals surface area contributed by atoms with E-state index >= 15 is 0 Å². The zero-order valence-corrected chi connectivity index (χ0v) is 22.2. The van der Waals surface area contributed by atoms with E-state index in [2.05, 4.69) is 51.7 Å². The molecule has 1 unspecified atom stereocenters. The largest absolute Gasteiger partial charge is 0.481 e. The Morgan fingerprint density at radius 1 is 1.05 bits per heavy atom. The molecule has 1 aromatic rings. The average Bonchev–Trinajstić information content (AvgIpc) is 2.91. The van der Waals surface area contributed by atoms with E-state index in [0.717, 1.165) is 82.5 Å². The first-order valence-corrected chi connectivity index (χ1v) is 13.8. The number of nitrogens with one attached hydrogen (secondary N) is 1. The number of piperidine rings is 1. The summed E-state index contributed by atoms with van der Waals surface area (Å²) in [4.78, 5) is 29.4. The predicted molar refractivity (Wildman–Crippen MR) is 147 cm³/mol. The van der Waals surface area contributed by atoms with Crippen LogP contribution in [0.5, 0.6) is 0 Å². The van der Waals surface area contributed by atoms with Gasteiger partial charge >= 0.3 is 5.97 Å². The van der Waals surface area contributed by atoms with Crippen molar-refractivity contribution in [3.05, 3.63) is 76.8 Å². The SMILES string of the molecule is C=C=C(/C(=C\C=C(/C)N1CCCC(CC(=O)O)C1)C(=O)NC1CCCCC1)N1CCc2ccccc2C1. The van der Waals surface area contributed by atoms with Gasteiger partial charge in [-0.3, -0.25) is 9.59 Å². The first-order chi connectivity index (χ1) is 17.9. The van der Waals surface area contributed by atoms with Crippen LogP contribution in [-0.2, 0) is 22.6 Å². The lowest BCUT2D eigenvalue weighted by molar-refractivity contribution is -0.138. The van der Waals surface area contributed by atoms with Gasteiger partial charge in [-0.05, 0) is 68.2 Å². The molecule has 1 saturated carbocycles. The van der Waals surface area contributed by atoms with Crippen molar-refractivity contribution in [2.75, 3.05) is 19.6 Å². The highest BCUT2D eigenvalue weighted by atomic mass is 16.4. The number of amides is 1. The molecule has 0 radical (unpaired) electrons. The smallest absolute Gasteiger partial charge is 0.303 e. The summed E-state index contributed by atoms with van der Waals surface area (Å²) in [7, 11) is 0. The van der Waals surface area contributed by atoms with Crippen molar-refractivity contribution in [1.29, 1.82) is 0 Å². The average molecular weight is 504 g/mol. The molecule has 1 atom stereocenters. The van der Waals surface area contributed by atoms with Crippen LogP contribution >= 0.6 is 0 Å². The van der Waals surface area contributed by atoms with Gasteiger partial charge in [-0.2, -0.15) is 0 Å². The van der Waals surface area contributed by atoms with E-state index < -0.39 is 5.97 Å². The summed E-state index contributed by atoms with van der Waals surface area (Å²) in [6.07, 6.45) is 12.6. The van der Waals surface area contributed by atoms with Gasteiger partial charge in [0.25, 0.3) is 5.91 Å². The Morgan fingerprint density at radius 2 is 1.81 bits per heavy atom.